The Kier molecular flexibility index (Phi) is 6.87. The fraction of sp³-hybridized carbons (Fsp3) is 0.412. The average molecular weight is 431 g/mol. The van der Waals surface area contributed by atoms with E-state index in [0.717, 1.165) is 16.5 Å². The molecule has 0 aliphatic heterocycles. The van der Waals surface area contributed by atoms with Crippen LogP contribution in [0.5, 0.6) is 5.75 Å². The lowest BCUT2D eigenvalue weighted by molar-refractivity contribution is 0.151. The quantitative estimate of drug-likeness (QED) is 0.709. The molecule has 1 aromatic heterocycles. The van der Waals surface area contributed by atoms with E-state index in [-0.39, 0.29) is 22.6 Å². The number of benzene rings is 1. The SMILES string of the molecule is CCC(COC)n1cc(Cl)nc(Nc2c(C)cc(Br)cc2OC)c1=O. The van der Waals surface area contributed by atoms with Crippen molar-refractivity contribution in [2.45, 2.75) is 26.3 Å². The van der Waals surface area contributed by atoms with Gasteiger partial charge >= 0.3 is 0 Å². The van der Waals surface area contributed by atoms with Crippen LogP contribution in [0, 0.1) is 6.92 Å². The highest BCUT2D eigenvalue weighted by Gasteiger charge is 2.17. The van der Waals surface area contributed by atoms with E-state index in [9.17, 15) is 4.79 Å². The first kappa shape index (κ1) is 19.8. The Labute approximate surface area is 160 Å². The van der Waals surface area contributed by atoms with Gasteiger partial charge in [0, 0.05) is 17.8 Å². The van der Waals surface area contributed by atoms with Gasteiger partial charge in [0.05, 0.1) is 25.4 Å². The smallest absolute Gasteiger partial charge is 0.294 e. The normalized spacial score (nSPS) is 12.1. The zero-order chi connectivity index (χ0) is 18.6. The summed E-state index contributed by atoms with van der Waals surface area (Å²) >= 11 is 9.57. The number of nitrogens with one attached hydrogen (secondary N) is 1. The molecule has 0 saturated heterocycles. The van der Waals surface area contributed by atoms with E-state index in [4.69, 9.17) is 21.1 Å². The number of hydrogen-bond donors (Lipinski definition) is 1. The van der Waals surface area contributed by atoms with Gasteiger partial charge in [-0.25, -0.2) is 4.98 Å². The number of methoxy groups -OCH3 is 2. The highest BCUT2D eigenvalue weighted by Crippen LogP contribution is 2.33. The second-order valence-corrected chi connectivity index (χ2v) is 6.87. The van der Waals surface area contributed by atoms with Gasteiger partial charge in [-0.1, -0.05) is 34.5 Å². The van der Waals surface area contributed by atoms with Gasteiger partial charge in [-0.3, -0.25) is 4.79 Å². The summed E-state index contributed by atoms with van der Waals surface area (Å²) in [6.07, 6.45) is 2.27. The van der Waals surface area contributed by atoms with E-state index < -0.39 is 0 Å². The van der Waals surface area contributed by atoms with E-state index in [0.29, 0.717) is 18.0 Å². The van der Waals surface area contributed by atoms with Crippen LogP contribution in [0.2, 0.25) is 5.15 Å². The van der Waals surface area contributed by atoms with Crippen LogP contribution in [-0.4, -0.2) is 30.4 Å². The van der Waals surface area contributed by atoms with Crippen LogP contribution in [-0.2, 0) is 4.74 Å². The van der Waals surface area contributed by atoms with Gasteiger partial charge in [0.25, 0.3) is 5.56 Å². The lowest BCUT2D eigenvalue weighted by Gasteiger charge is -2.19. The number of hydrogen-bond acceptors (Lipinski definition) is 5. The molecule has 1 N–H and O–H groups in total. The summed E-state index contributed by atoms with van der Waals surface area (Å²) in [7, 11) is 3.17. The molecule has 8 heteroatoms. The summed E-state index contributed by atoms with van der Waals surface area (Å²) < 4.78 is 13.0. The van der Waals surface area contributed by atoms with Crippen LogP contribution in [0.25, 0.3) is 0 Å². The van der Waals surface area contributed by atoms with Gasteiger partial charge in [-0.2, -0.15) is 0 Å². The number of nitrogens with zero attached hydrogens (tertiary/aromatic N) is 2. The molecule has 6 nitrogen and oxygen atoms in total. The Morgan fingerprint density at radius 3 is 2.72 bits per heavy atom. The lowest BCUT2D eigenvalue weighted by atomic mass is 10.2. The molecule has 25 heavy (non-hydrogen) atoms. The molecule has 1 atom stereocenters. The molecule has 0 radical (unpaired) electrons. The van der Waals surface area contributed by atoms with Crippen molar-refractivity contribution < 1.29 is 9.47 Å². The molecule has 1 aromatic carbocycles. The van der Waals surface area contributed by atoms with Crippen LogP contribution in [0.3, 0.4) is 0 Å². The molecule has 0 amide bonds. The number of anilines is 2. The molecule has 0 aliphatic carbocycles. The van der Waals surface area contributed by atoms with Crippen molar-refractivity contribution in [3.05, 3.63) is 43.9 Å². The largest absolute Gasteiger partial charge is 0.495 e. The Hall–Kier alpha value is -1.57. The average Bonchev–Trinajstić information content (AvgIpc) is 2.57. The highest BCUT2D eigenvalue weighted by atomic mass is 79.9. The summed E-state index contributed by atoms with van der Waals surface area (Å²) in [6.45, 7) is 4.31. The molecule has 2 aromatic rings. The van der Waals surface area contributed by atoms with Crippen LogP contribution in [0.15, 0.2) is 27.6 Å². The second kappa shape index (κ2) is 8.69. The van der Waals surface area contributed by atoms with Crippen molar-refractivity contribution in [2.75, 3.05) is 26.1 Å². The third kappa shape index (κ3) is 4.54. The zero-order valence-electron chi connectivity index (χ0n) is 14.6. The van der Waals surface area contributed by atoms with Crippen molar-refractivity contribution >= 4 is 39.0 Å². The summed E-state index contributed by atoms with van der Waals surface area (Å²) in [5.41, 5.74) is 1.31. The molecule has 2 rings (SSSR count). The van der Waals surface area contributed by atoms with Crippen molar-refractivity contribution in [2.24, 2.45) is 0 Å². The van der Waals surface area contributed by atoms with Crippen LogP contribution < -0.4 is 15.6 Å². The maximum absolute atomic E-state index is 12.9. The Bertz CT molecular complexity index is 810. The fourth-order valence-electron chi connectivity index (χ4n) is 2.57. The van der Waals surface area contributed by atoms with Gasteiger partial charge in [0.2, 0.25) is 0 Å². The minimum Gasteiger partial charge on any atom is -0.495 e. The molecule has 0 aliphatic rings. The molecule has 1 heterocycles. The maximum atomic E-state index is 12.9. The number of ether oxygens (including phenoxy) is 2. The zero-order valence-corrected chi connectivity index (χ0v) is 16.9. The fourth-order valence-corrected chi connectivity index (χ4v) is 3.31. The number of halogens is 2. The Morgan fingerprint density at radius 2 is 2.12 bits per heavy atom. The predicted molar refractivity (Wildman–Crippen MR) is 103 cm³/mol. The van der Waals surface area contributed by atoms with E-state index in [1.165, 1.54) is 6.20 Å². The number of aromatic nitrogens is 2. The van der Waals surface area contributed by atoms with E-state index in [1.54, 1.807) is 18.8 Å². The Balaban J connectivity index is 2.51. The first-order chi connectivity index (χ1) is 11.9. The second-order valence-electron chi connectivity index (χ2n) is 5.57. The minimum atomic E-state index is -0.266. The summed E-state index contributed by atoms with van der Waals surface area (Å²) in [5.74, 6) is 0.745. The molecular formula is C17H21BrClN3O3. The van der Waals surface area contributed by atoms with Gasteiger partial charge in [-0.15, -0.1) is 0 Å². The van der Waals surface area contributed by atoms with Crippen molar-refractivity contribution in [3.8, 4) is 5.75 Å². The highest BCUT2D eigenvalue weighted by molar-refractivity contribution is 9.10. The number of rotatable bonds is 7. The molecule has 1 unspecified atom stereocenters. The summed E-state index contributed by atoms with van der Waals surface area (Å²) in [5, 5.41) is 3.30. The first-order valence-corrected chi connectivity index (χ1v) is 8.97. The minimum absolute atomic E-state index is 0.119. The van der Waals surface area contributed by atoms with Crippen LogP contribution in [0.1, 0.15) is 24.9 Å². The van der Waals surface area contributed by atoms with E-state index in [1.807, 2.05) is 26.0 Å². The first-order valence-electron chi connectivity index (χ1n) is 7.80. The maximum Gasteiger partial charge on any atom is 0.294 e. The molecule has 0 saturated carbocycles. The third-order valence-corrected chi connectivity index (χ3v) is 4.49. The van der Waals surface area contributed by atoms with Gasteiger partial charge in [0.1, 0.15) is 10.9 Å². The molecule has 136 valence electrons. The monoisotopic (exact) mass is 429 g/mol. The Morgan fingerprint density at radius 1 is 1.40 bits per heavy atom. The van der Waals surface area contributed by atoms with Crippen LogP contribution in [0.4, 0.5) is 11.5 Å². The number of aryl methyl sites for hydroxylation is 1. The molecule has 0 bridgehead atoms. The molecular weight excluding hydrogens is 410 g/mol. The van der Waals surface area contributed by atoms with E-state index in [2.05, 4.69) is 26.2 Å². The van der Waals surface area contributed by atoms with Gasteiger partial charge < -0.3 is 19.4 Å². The standard InChI is InChI=1S/C17H21BrClN3O3/c1-5-12(9-24-3)22-8-14(19)20-16(17(22)23)21-15-10(2)6-11(18)7-13(15)25-4/h6-8,12H,5,9H2,1-4H3,(H,20,21). The van der Waals surface area contributed by atoms with Gasteiger partial charge in [0.15, 0.2) is 5.82 Å². The van der Waals surface area contributed by atoms with Crippen molar-refractivity contribution in [3.63, 3.8) is 0 Å². The van der Waals surface area contributed by atoms with E-state index >= 15 is 0 Å². The molecule has 0 fully saturated rings. The molecule has 0 spiro atoms. The topological polar surface area (TPSA) is 65.4 Å². The third-order valence-electron chi connectivity index (χ3n) is 3.85. The van der Waals surface area contributed by atoms with Crippen molar-refractivity contribution in [1.29, 1.82) is 0 Å². The van der Waals surface area contributed by atoms with Crippen molar-refractivity contribution in [1.82, 2.24) is 9.55 Å². The lowest BCUT2D eigenvalue weighted by Crippen LogP contribution is -2.29. The summed E-state index contributed by atoms with van der Waals surface area (Å²) in [6, 6.07) is 3.62. The predicted octanol–water partition coefficient (Wildman–Crippen LogP) is 4.32. The summed E-state index contributed by atoms with van der Waals surface area (Å²) in [4.78, 5) is 17.0. The van der Waals surface area contributed by atoms with Gasteiger partial charge in [-0.05, 0) is 31.0 Å². The van der Waals surface area contributed by atoms with Crippen LogP contribution >= 0.6 is 27.5 Å².